The molecular formula is C21H25N9. The normalized spacial score (nSPS) is 18.7. The Morgan fingerprint density at radius 3 is 1.67 bits per heavy atom. The standard InChI is InChI=1S/C21H25N9/c22-19-28-18(29-20(23)30-19)21(26-11-15-5-2-6-16(8-15)12-27-21)17-24-9-13-3-1-4-14(7-13)10-25-17/h1-8,17,24-27H,9-12H2,(H4,22,23,28,29,30). The van der Waals surface area contributed by atoms with E-state index in [0.717, 1.165) is 0 Å². The summed E-state index contributed by atoms with van der Waals surface area (Å²) in [7, 11) is 0. The van der Waals surface area contributed by atoms with Gasteiger partial charge in [0.2, 0.25) is 11.9 Å². The van der Waals surface area contributed by atoms with Gasteiger partial charge >= 0.3 is 0 Å². The third-order valence-corrected chi connectivity index (χ3v) is 5.60. The van der Waals surface area contributed by atoms with Crippen LogP contribution < -0.4 is 32.7 Å². The van der Waals surface area contributed by atoms with E-state index in [-0.39, 0.29) is 18.1 Å². The van der Waals surface area contributed by atoms with Crippen LogP contribution in [0.4, 0.5) is 11.9 Å². The minimum absolute atomic E-state index is 0.0946. The molecule has 3 aromatic rings. The molecule has 9 nitrogen and oxygen atoms in total. The quantitative estimate of drug-likeness (QED) is 0.357. The fraction of sp³-hybridized carbons (Fsp3) is 0.286. The Hall–Kier alpha value is -3.11. The van der Waals surface area contributed by atoms with Crippen LogP contribution in [0.3, 0.4) is 0 Å². The molecule has 0 spiro atoms. The molecule has 0 saturated carbocycles. The molecule has 3 heterocycles. The molecule has 0 fully saturated rings. The van der Waals surface area contributed by atoms with Crippen LogP contribution in [-0.2, 0) is 31.8 Å². The monoisotopic (exact) mass is 403 g/mol. The zero-order chi connectivity index (χ0) is 20.6. The molecule has 0 amide bonds. The molecule has 0 saturated heterocycles. The van der Waals surface area contributed by atoms with Gasteiger partial charge in [-0.25, -0.2) is 0 Å². The van der Waals surface area contributed by atoms with E-state index < -0.39 is 5.66 Å². The van der Waals surface area contributed by atoms with Crippen LogP contribution in [0.15, 0.2) is 48.5 Å². The highest BCUT2D eigenvalue weighted by Gasteiger charge is 2.44. The SMILES string of the molecule is Nc1nc(N)nc(C2(C3NCc4cccc(c4)CN3)NCc3cccc(c3)CN2)n1. The predicted molar refractivity (Wildman–Crippen MR) is 114 cm³/mol. The first-order valence-electron chi connectivity index (χ1n) is 10.0. The van der Waals surface area contributed by atoms with Crippen molar-refractivity contribution in [1.82, 2.24) is 36.2 Å². The summed E-state index contributed by atoms with van der Waals surface area (Å²) in [5.41, 5.74) is 15.8. The molecule has 154 valence electrons. The molecule has 9 heteroatoms. The molecule has 2 aromatic carbocycles. The van der Waals surface area contributed by atoms with Crippen molar-refractivity contribution in [3.8, 4) is 0 Å². The number of nitrogens with one attached hydrogen (secondary N) is 4. The van der Waals surface area contributed by atoms with E-state index in [9.17, 15) is 0 Å². The number of hydrogen-bond acceptors (Lipinski definition) is 9. The summed E-state index contributed by atoms with van der Waals surface area (Å²) >= 11 is 0. The average molecular weight is 403 g/mol. The second-order valence-electron chi connectivity index (χ2n) is 7.73. The molecule has 0 unspecified atom stereocenters. The van der Waals surface area contributed by atoms with Crippen LogP contribution >= 0.6 is 0 Å². The highest BCUT2D eigenvalue weighted by Crippen LogP contribution is 2.25. The number of hydrogen-bond donors (Lipinski definition) is 6. The van der Waals surface area contributed by atoms with Gasteiger partial charge in [-0.2, -0.15) is 15.0 Å². The Balaban J connectivity index is 1.57. The number of nitrogens with two attached hydrogens (primary N) is 2. The van der Waals surface area contributed by atoms with E-state index in [1.807, 2.05) is 0 Å². The Kier molecular flexibility index (Phi) is 4.80. The Labute approximate surface area is 174 Å². The minimum Gasteiger partial charge on any atom is -0.368 e. The summed E-state index contributed by atoms with van der Waals surface area (Å²) in [5, 5.41) is 14.5. The summed E-state index contributed by atoms with van der Waals surface area (Å²) < 4.78 is 0. The van der Waals surface area contributed by atoms with Crippen LogP contribution in [0.25, 0.3) is 0 Å². The smallest absolute Gasteiger partial charge is 0.225 e. The van der Waals surface area contributed by atoms with Gasteiger partial charge in [-0.1, -0.05) is 48.5 Å². The Bertz CT molecular complexity index is 1000. The zero-order valence-electron chi connectivity index (χ0n) is 16.5. The second-order valence-corrected chi connectivity index (χ2v) is 7.73. The van der Waals surface area contributed by atoms with Crippen LogP contribution in [-0.4, -0.2) is 21.1 Å². The van der Waals surface area contributed by atoms with Gasteiger partial charge in [0.25, 0.3) is 0 Å². The van der Waals surface area contributed by atoms with Crippen LogP contribution in [0.2, 0.25) is 0 Å². The number of anilines is 2. The van der Waals surface area contributed by atoms with Gasteiger partial charge in [0.05, 0.1) is 6.17 Å². The van der Waals surface area contributed by atoms with Crippen molar-refractivity contribution in [3.05, 3.63) is 76.6 Å². The average Bonchev–Trinajstić information content (AvgIpc) is 2.73. The first kappa shape index (κ1) is 18.9. The molecule has 2 aliphatic rings. The summed E-state index contributed by atoms with van der Waals surface area (Å²) in [4.78, 5) is 12.9. The van der Waals surface area contributed by atoms with Gasteiger partial charge in [-0.3, -0.25) is 21.3 Å². The van der Waals surface area contributed by atoms with Gasteiger partial charge in [0.15, 0.2) is 11.5 Å². The Morgan fingerprint density at radius 1 is 0.700 bits per heavy atom. The fourth-order valence-corrected chi connectivity index (χ4v) is 4.14. The molecule has 4 bridgehead atoms. The third kappa shape index (κ3) is 3.59. The number of nitrogens with zero attached hydrogens (tertiary/aromatic N) is 3. The lowest BCUT2D eigenvalue weighted by Crippen LogP contribution is -2.70. The molecule has 8 N–H and O–H groups in total. The lowest BCUT2D eigenvalue weighted by atomic mass is 9.98. The summed E-state index contributed by atoms with van der Waals surface area (Å²) in [5.74, 6) is 0.640. The fourth-order valence-electron chi connectivity index (χ4n) is 4.14. The van der Waals surface area contributed by atoms with Gasteiger partial charge < -0.3 is 11.5 Å². The zero-order valence-corrected chi connectivity index (χ0v) is 16.5. The molecule has 0 radical (unpaired) electrons. The minimum atomic E-state index is -0.870. The lowest BCUT2D eigenvalue weighted by Gasteiger charge is -2.43. The molecule has 0 aliphatic carbocycles. The van der Waals surface area contributed by atoms with Crippen molar-refractivity contribution >= 4 is 11.9 Å². The summed E-state index contributed by atoms with van der Waals surface area (Å²) in [6.07, 6.45) is -0.249. The maximum Gasteiger partial charge on any atom is 0.225 e. The molecule has 2 aliphatic heterocycles. The van der Waals surface area contributed by atoms with Crippen molar-refractivity contribution in [3.63, 3.8) is 0 Å². The van der Waals surface area contributed by atoms with Crippen LogP contribution in [0.5, 0.6) is 0 Å². The van der Waals surface area contributed by atoms with Crippen molar-refractivity contribution in [1.29, 1.82) is 0 Å². The third-order valence-electron chi connectivity index (χ3n) is 5.60. The Morgan fingerprint density at radius 2 is 1.17 bits per heavy atom. The van der Waals surface area contributed by atoms with E-state index in [0.29, 0.717) is 32.0 Å². The largest absolute Gasteiger partial charge is 0.368 e. The van der Waals surface area contributed by atoms with Crippen LogP contribution in [0.1, 0.15) is 28.1 Å². The van der Waals surface area contributed by atoms with E-state index >= 15 is 0 Å². The number of nitrogen functional groups attached to an aromatic ring is 2. The van der Waals surface area contributed by atoms with E-state index in [1.54, 1.807) is 0 Å². The lowest BCUT2D eigenvalue weighted by molar-refractivity contribution is 0.133. The predicted octanol–water partition coefficient (Wildman–Crippen LogP) is 0.301. The van der Waals surface area contributed by atoms with Gasteiger partial charge in [-0.15, -0.1) is 0 Å². The molecule has 1 aromatic heterocycles. The molecule has 5 rings (SSSR count). The maximum absolute atomic E-state index is 5.95. The molecular weight excluding hydrogens is 378 g/mol. The topological polar surface area (TPSA) is 139 Å². The summed E-state index contributed by atoms with van der Waals surface area (Å²) in [6, 6.07) is 17.0. The number of fused-ring (bicyclic) bond motifs is 4. The van der Waals surface area contributed by atoms with Gasteiger partial charge in [0.1, 0.15) is 0 Å². The van der Waals surface area contributed by atoms with Crippen molar-refractivity contribution in [2.45, 2.75) is 38.0 Å². The maximum atomic E-state index is 5.95. The molecule has 30 heavy (non-hydrogen) atoms. The molecule has 0 atom stereocenters. The van der Waals surface area contributed by atoms with Gasteiger partial charge in [-0.05, 0) is 22.3 Å². The van der Waals surface area contributed by atoms with E-state index in [2.05, 4.69) is 84.8 Å². The van der Waals surface area contributed by atoms with E-state index in [4.69, 9.17) is 11.5 Å². The number of aromatic nitrogens is 3. The van der Waals surface area contributed by atoms with Crippen molar-refractivity contribution < 1.29 is 0 Å². The first-order valence-corrected chi connectivity index (χ1v) is 10.0. The van der Waals surface area contributed by atoms with Crippen LogP contribution in [0, 0.1) is 0 Å². The second kappa shape index (κ2) is 7.62. The van der Waals surface area contributed by atoms with Crippen molar-refractivity contribution in [2.75, 3.05) is 11.5 Å². The highest BCUT2D eigenvalue weighted by molar-refractivity contribution is 5.32. The highest BCUT2D eigenvalue weighted by atomic mass is 15.3. The van der Waals surface area contributed by atoms with Gasteiger partial charge in [0, 0.05) is 26.2 Å². The number of benzene rings is 2. The van der Waals surface area contributed by atoms with E-state index in [1.165, 1.54) is 22.3 Å². The van der Waals surface area contributed by atoms with Crippen molar-refractivity contribution in [2.24, 2.45) is 0 Å². The first-order chi connectivity index (χ1) is 14.6. The number of rotatable bonds is 2. The summed E-state index contributed by atoms with van der Waals surface area (Å²) in [6.45, 7) is 2.63.